The minimum absolute atomic E-state index is 0.0390. The number of hydrogen-bond acceptors (Lipinski definition) is 7. The topological polar surface area (TPSA) is 107 Å². The molecular formula is C27H21NO7. The van der Waals surface area contributed by atoms with Crippen molar-refractivity contribution in [1.29, 1.82) is 0 Å². The van der Waals surface area contributed by atoms with Crippen LogP contribution in [0.3, 0.4) is 0 Å². The number of carbonyl (C=O) groups is 5. The third kappa shape index (κ3) is 4.59. The van der Waals surface area contributed by atoms with E-state index in [2.05, 4.69) is 0 Å². The first-order valence-electron chi connectivity index (χ1n) is 10.9. The maximum absolute atomic E-state index is 13.0. The molecule has 8 nitrogen and oxygen atoms in total. The number of Topliss-reactive ketones (excluding diaryl/α,β-unsaturated/α-hetero) is 1. The van der Waals surface area contributed by atoms with Gasteiger partial charge < -0.3 is 9.47 Å². The number of anilines is 1. The molecule has 176 valence electrons. The quantitative estimate of drug-likeness (QED) is 0.290. The summed E-state index contributed by atoms with van der Waals surface area (Å²) in [5.74, 6) is -2.83. The molecule has 0 saturated heterocycles. The first-order chi connectivity index (χ1) is 16.8. The number of carbonyl (C=O) groups excluding carboxylic acids is 5. The minimum Gasteiger partial charge on any atom is -0.462 e. The smallest absolute Gasteiger partial charge is 0.338 e. The van der Waals surface area contributed by atoms with Crippen molar-refractivity contribution in [3.05, 3.63) is 101 Å². The third-order valence-electron chi connectivity index (χ3n) is 5.47. The van der Waals surface area contributed by atoms with E-state index < -0.39 is 29.9 Å². The van der Waals surface area contributed by atoms with Gasteiger partial charge in [0.05, 0.1) is 34.5 Å². The molecule has 4 rings (SSSR count). The third-order valence-corrected chi connectivity index (χ3v) is 5.47. The molecule has 0 spiro atoms. The summed E-state index contributed by atoms with van der Waals surface area (Å²) in [6.45, 7) is 3.39. The van der Waals surface area contributed by atoms with E-state index in [0.29, 0.717) is 5.56 Å². The molecule has 3 aromatic carbocycles. The fraction of sp³-hybridized carbons (Fsp3) is 0.148. The van der Waals surface area contributed by atoms with Crippen molar-refractivity contribution in [2.24, 2.45) is 0 Å². The van der Waals surface area contributed by atoms with Gasteiger partial charge in [0, 0.05) is 5.56 Å². The molecule has 0 saturated carbocycles. The van der Waals surface area contributed by atoms with E-state index in [1.165, 1.54) is 49.4 Å². The van der Waals surface area contributed by atoms with Crippen molar-refractivity contribution < 1.29 is 33.4 Å². The number of rotatable bonds is 7. The molecule has 0 fully saturated rings. The average Bonchev–Trinajstić information content (AvgIpc) is 3.13. The molecule has 1 aliphatic heterocycles. The Balaban J connectivity index is 1.52. The number of esters is 2. The van der Waals surface area contributed by atoms with Gasteiger partial charge in [-0.25, -0.2) is 14.5 Å². The number of benzene rings is 3. The highest BCUT2D eigenvalue weighted by Crippen LogP contribution is 2.29. The first-order valence-corrected chi connectivity index (χ1v) is 10.9. The Morgan fingerprint density at radius 1 is 0.771 bits per heavy atom. The van der Waals surface area contributed by atoms with Gasteiger partial charge in [-0.05, 0) is 56.3 Å². The van der Waals surface area contributed by atoms with E-state index in [-0.39, 0.29) is 40.3 Å². The summed E-state index contributed by atoms with van der Waals surface area (Å²) in [4.78, 5) is 63.9. The Bertz CT molecular complexity index is 1330. The number of fused-ring (bicyclic) bond motifs is 1. The summed E-state index contributed by atoms with van der Waals surface area (Å²) >= 11 is 0. The molecule has 0 aromatic heterocycles. The van der Waals surface area contributed by atoms with Crippen LogP contribution in [0.25, 0.3) is 0 Å². The lowest BCUT2D eigenvalue weighted by Crippen LogP contribution is -2.29. The zero-order valence-corrected chi connectivity index (χ0v) is 19.0. The van der Waals surface area contributed by atoms with Gasteiger partial charge >= 0.3 is 11.9 Å². The molecule has 1 unspecified atom stereocenters. The number of nitrogens with zero attached hydrogens (tertiary/aromatic N) is 1. The second kappa shape index (κ2) is 9.72. The largest absolute Gasteiger partial charge is 0.462 e. The monoisotopic (exact) mass is 471 g/mol. The van der Waals surface area contributed by atoms with Gasteiger partial charge in [0.15, 0.2) is 6.10 Å². The molecule has 1 heterocycles. The van der Waals surface area contributed by atoms with E-state index in [1.807, 2.05) is 0 Å². The van der Waals surface area contributed by atoms with Gasteiger partial charge in [0.2, 0.25) is 5.78 Å². The number of imide groups is 1. The molecule has 1 aliphatic rings. The highest BCUT2D eigenvalue weighted by atomic mass is 16.5. The summed E-state index contributed by atoms with van der Waals surface area (Å²) in [5, 5.41) is 0. The number of amides is 2. The van der Waals surface area contributed by atoms with Crippen molar-refractivity contribution in [2.75, 3.05) is 11.5 Å². The van der Waals surface area contributed by atoms with E-state index in [1.54, 1.807) is 37.3 Å². The van der Waals surface area contributed by atoms with Crippen molar-refractivity contribution in [1.82, 2.24) is 0 Å². The maximum atomic E-state index is 13.0. The van der Waals surface area contributed by atoms with Gasteiger partial charge in [-0.1, -0.05) is 30.3 Å². The van der Waals surface area contributed by atoms with Crippen LogP contribution >= 0.6 is 0 Å². The van der Waals surface area contributed by atoms with Crippen molar-refractivity contribution in [3.63, 3.8) is 0 Å². The van der Waals surface area contributed by atoms with Gasteiger partial charge in [0.25, 0.3) is 11.8 Å². The lowest BCUT2D eigenvalue weighted by atomic mass is 10.1. The lowest BCUT2D eigenvalue weighted by molar-refractivity contribution is 0.0318. The molecule has 3 aromatic rings. The SMILES string of the molecule is CCOC(=O)c1ccc(N2C(=O)c3ccc(C(=O)OC(C)C(=O)c4ccccc4)cc3C2=O)cc1. The van der Waals surface area contributed by atoms with Crippen LogP contribution in [0.2, 0.25) is 0 Å². The van der Waals surface area contributed by atoms with Crippen LogP contribution in [0.15, 0.2) is 72.8 Å². The minimum atomic E-state index is -1.04. The maximum Gasteiger partial charge on any atom is 0.338 e. The zero-order valence-electron chi connectivity index (χ0n) is 19.0. The zero-order chi connectivity index (χ0) is 25.1. The Kier molecular flexibility index (Phi) is 6.55. The fourth-order valence-electron chi connectivity index (χ4n) is 3.68. The molecule has 0 N–H and O–H groups in total. The van der Waals surface area contributed by atoms with Crippen LogP contribution in [0.4, 0.5) is 5.69 Å². The molecule has 0 radical (unpaired) electrons. The Hall–Kier alpha value is -4.59. The Morgan fingerprint density at radius 2 is 1.40 bits per heavy atom. The second-order valence-electron chi connectivity index (χ2n) is 7.75. The van der Waals surface area contributed by atoms with Crippen molar-refractivity contribution in [3.8, 4) is 0 Å². The van der Waals surface area contributed by atoms with Crippen LogP contribution in [0.5, 0.6) is 0 Å². The van der Waals surface area contributed by atoms with Crippen LogP contribution in [0.1, 0.15) is 65.6 Å². The summed E-state index contributed by atoms with van der Waals surface area (Å²) in [7, 11) is 0. The first kappa shape index (κ1) is 23.6. The van der Waals surface area contributed by atoms with Crippen LogP contribution in [0, 0.1) is 0 Å². The van der Waals surface area contributed by atoms with Crippen LogP contribution in [-0.2, 0) is 9.47 Å². The Morgan fingerprint density at radius 3 is 2.06 bits per heavy atom. The fourth-order valence-corrected chi connectivity index (χ4v) is 3.68. The van der Waals surface area contributed by atoms with E-state index in [9.17, 15) is 24.0 Å². The normalized spacial score (nSPS) is 13.3. The lowest BCUT2D eigenvalue weighted by Gasteiger charge is -2.14. The molecule has 0 bridgehead atoms. The highest BCUT2D eigenvalue weighted by Gasteiger charge is 2.37. The van der Waals surface area contributed by atoms with Crippen LogP contribution in [-0.4, -0.2) is 42.2 Å². The molecule has 2 amide bonds. The van der Waals surface area contributed by atoms with Crippen molar-refractivity contribution in [2.45, 2.75) is 20.0 Å². The number of ketones is 1. The van der Waals surface area contributed by atoms with Gasteiger partial charge in [-0.3, -0.25) is 14.4 Å². The van der Waals surface area contributed by atoms with Gasteiger partial charge in [0.1, 0.15) is 0 Å². The number of ether oxygens (including phenoxy) is 2. The predicted octanol–water partition coefficient (Wildman–Crippen LogP) is 4.09. The van der Waals surface area contributed by atoms with E-state index in [0.717, 1.165) is 4.90 Å². The number of hydrogen-bond donors (Lipinski definition) is 0. The molecule has 35 heavy (non-hydrogen) atoms. The van der Waals surface area contributed by atoms with Crippen molar-refractivity contribution >= 4 is 35.2 Å². The highest BCUT2D eigenvalue weighted by molar-refractivity contribution is 6.34. The molecule has 1 atom stereocenters. The van der Waals surface area contributed by atoms with E-state index >= 15 is 0 Å². The van der Waals surface area contributed by atoms with Gasteiger partial charge in [-0.15, -0.1) is 0 Å². The summed E-state index contributed by atoms with van der Waals surface area (Å²) in [5.41, 5.74) is 1.19. The standard InChI is InChI=1S/C27H21NO7/c1-3-34-26(32)18-9-12-20(13-10-18)28-24(30)21-14-11-19(15-22(21)25(28)31)27(33)35-16(2)23(29)17-7-5-4-6-8-17/h4-16H,3H2,1-2H3. The molecular weight excluding hydrogens is 450 g/mol. The van der Waals surface area contributed by atoms with Gasteiger partial charge in [-0.2, -0.15) is 0 Å². The summed E-state index contributed by atoms with van der Waals surface area (Å²) in [6, 6.07) is 18.3. The summed E-state index contributed by atoms with van der Waals surface area (Å²) in [6.07, 6.45) is -1.04. The predicted molar refractivity (Wildman–Crippen MR) is 126 cm³/mol. The molecule has 8 heteroatoms. The van der Waals surface area contributed by atoms with E-state index in [4.69, 9.17) is 9.47 Å². The molecule has 0 aliphatic carbocycles. The average molecular weight is 471 g/mol. The summed E-state index contributed by atoms with van der Waals surface area (Å²) < 4.78 is 10.2. The second-order valence-corrected chi connectivity index (χ2v) is 7.75. The van der Waals surface area contributed by atoms with Crippen LogP contribution < -0.4 is 4.90 Å². The Labute approximate surface area is 201 Å².